The Hall–Kier alpha value is -1.39. The van der Waals surface area contributed by atoms with Crippen molar-refractivity contribution in [1.29, 1.82) is 0 Å². The standard InChI is InChI=1S/C16H22N2O2/c17-16(19)14-3-1-12(2-4-14)9-18(15-5-6-15)10-13-7-8-20-11-13/h1-4,13,15H,5-11H2,(H2,17,19)/t13-/m0/s1. The van der Waals surface area contributed by atoms with Crippen LogP contribution < -0.4 is 5.73 Å². The summed E-state index contributed by atoms with van der Waals surface area (Å²) in [6, 6.07) is 8.41. The summed E-state index contributed by atoms with van der Waals surface area (Å²) in [5.41, 5.74) is 7.10. The number of ether oxygens (including phenoxy) is 1. The van der Waals surface area contributed by atoms with Gasteiger partial charge in [0, 0.05) is 31.3 Å². The molecule has 0 spiro atoms. The van der Waals surface area contributed by atoms with Crippen molar-refractivity contribution in [3.8, 4) is 0 Å². The van der Waals surface area contributed by atoms with Gasteiger partial charge in [-0.2, -0.15) is 0 Å². The lowest BCUT2D eigenvalue weighted by atomic mass is 10.1. The molecule has 1 aromatic rings. The first-order chi connectivity index (χ1) is 9.72. The van der Waals surface area contributed by atoms with Crippen molar-refractivity contribution in [3.05, 3.63) is 35.4 Å². The van der Waals surface area contributed by atoms with Gasteiger partial charge in [-0.05, 0) is 42.9 Å². The lowest BCUT2D eigenvalue weighted by Gasteiger charge is -2.25. The third-order valence-electron chi connectivity index (χ3n) is 4.20. The van der Waals surface area contributed by atoms with Crippen LogP contribution in [0.25, 0.3) is 0 Å². The summed E-state index contributed by atoms with van der Waals surface area (Å²) in [5, 5.41) is 0. The van der Waals surface area contributed by atoms with E-state index in [1.165, 1.54) is 24.8 Å². The molecule has 1 saturated heterocycles. The highest BCUT2D eigenvalue weighted by Crippen LogP contribution is 2.30. The van der Waals surface area contributed by atoms with E-state index in [0.717, 1.165) is 32.3 Å². The number of carbonyl (C=O) groups is 1. The molecule has 4 heteroatoms. The summed E-state index contributed by atoms with van der Waals surface area (Å²) < 4.78 is 5.47. The molecular formula is C16H22N2O2. The minimum Gasteiger partial charge on any atom is -0.381 e. The summed E-state index contributed by atoms with van der Waals surface area (Å²) in [6.45, 7) is 3.91. The van der Waals surface area contributed by atoms with Gasteiger partial charge in [0.2, 0.25) is 5.91 Å². The van der Waals surface area contributed by atoms with Crippen molar-refractivity contribution in [3.63, 3.8) is 0 Å². The third-order valence-corrected chi connectivity index (χ3v) is 4.20. The van der Waals surface area contributed by atoms with Gasteiger partial charge in [0.25, 0.3) is 0 Å². The number of hydrogen-bond donors (Lipinski definition) is 1. The Morgan fingerprint density at radius 1 is 1.25 bits per heavy atom. The Bertz CT molecular complexity index is 462. The van der Waals surface area contributed by atoms with E-state index in [1.54, 1.807) is 0 Å². The number of nitrogens with zero attached hydrogens (tertiary/aromatic N) is 1. The Morgan fingerprint density at radius 3 is 2.55 bits per heavy atom. The average Bonchev–Trinajstić information content (AvgIpc) is 3.17. The highest BCUT2D eigenvalue weighted by atomic mass is 16.5. The molecule has 1 heterocycles. The van der Waals surface area contributed by atoms with E-state index in [1.807, 2.05) is 24.3 Å². The summed E-state index contributed by atoms with van der Waals surface area (Å²) in [6.07, 6.45) is 3.81. The maximum absolute atomic E-state index is 11.1. The number of hydrogen-bond acceptors (Lipinski definition) is 3. The van der Waals surface area contributed by atoms with Crippen LogP contribution in [0.5, 0.6) is 0 Å². The van der Waals surface area contributed by atoms with Crippen LogP contribution in [0.1, 0.15) is 35.2 Å². The zero-order valence-corrected chi connectivity index (χ0v) is 11.8. The number of amides is 1. The third kappa shape index (κ3) is 3.38. The minimum absolute atomic E-state index is 0.362. The van der Waals surface area contributed by atoms with Crippen LogP contribution in [0.4, 0.5) is 0 Å². The molecule has 1 aromatic carbocycles. The highest BCUT2D eigenvalue weighted by Gasteiger charge is 2.31. The first-order valence-electron chi connectivity index (χ1n) is 7.43. The second-order valence-electron chi connectivity index (χ2n) is 5.95. The average molecular weight is 274 g/mol. The van der Waals surface area contributed by atoms with Gasteiger partial charge >= 0.3 is 0 Å². The molecule has 0 bridgehead atoms. The smallest absolute Gasteiger partial charge is 0.248 e. The Morgan fingerprint density at radius 2 is 2.00 bits per heavy atom. The normalized spacial score (nSPS) is 22.4. The fraction of sp³-hybridized carbons (Fsp3) is 0.562. The van der Waals surface area contributed by atoms with Gasteiger partial charge in [0.15, 0.2) is 0 Å². The summed E-state index contributed by atoms with van der Waals surface area (Å²) in [7, 11) is 0. The lowest BCUT2D eigenvalue weighted by molar-refractivity contribution is 0.1000. The highest BCUT2D eigenvalue weighted by molar-refractivity contribution is 5.92. The van der Waals surface area contributed by atoms with E-state index in [2.05, 4.69) is 4.90 Å². The second kappa shape index (κ2) is 5.94. The minimum atomic E-state index is -0.362. The Labute approximate surface area is 119 Å². The number of primary amides is 1. The van der Waals surface area contributed by atoms with E-state index >= 15 is 0 Å². The van der Waals surface area contributed by atoms with Crippen molar-refractivity contribution in [2.24, 2.45) is 11.7 Å². The molecule has 20 heavy (non-hydrogen) atoms. The first-order valence-corrected chi connectivity index (χ1v) is 7.43. The molecule has 2 N–H and O–H groups in total. The van der Waals surface area contributed by atoms with E-state index in [4.69, 9.17) is 10.5 Å². The molecule has 1 amide bonds. The molecule has 1 aliphatic heterocycles. The van der Waals surface area contributed by atoms with Crippen LogP contribution in [-0.2, 0) is 11.3 Å². The van der Waals surface area contributed by atoms with E-state index in [0.29, 0.717) is 11.5 Å². The van der Waals surface area contributed by atoms with Crippen LogP contribution in [0, 0.1) is 5.92 Å². The molecule has 3 rings (SSSR count). The molecule has 0 unspecified atom stereocenters. The van der Waals surface area contributed by atoms with Crippen LogP contribution in [0.2, 0.25) is 0 Å². The zero-order chi connectivity index (χ0) is 13.9. The summed E-state index contributed by atoms with van der Waals surface area (Å²) in [5.74, 6) is 0.319. The molecule has 2 aliphatic rings. The molecule has 0 aromatic heterocycles. The first kappa shape index (κ1) is 13.6. The number of carbonyl (C=O) groups excluding carboxylic acids is 1. The summed E-state index contributed by atoms with van der Waals surface area (Å²) in [4.78, 5) is 13.6. The maximum Gasteiger partial charge on any atom is 0.248 e. The molecule has 0 radical (unpaired) electrons. The van der Waals surface area contributed by atoms with Crippen molar-refractivity contribution in [2.45, 2.75) is 31.8 Å². The maximum atomic E-state index is 11.1. The molecule has 1 saturated carbocycles. The molecule has 4 nitrogen and oxygen atoms in total. The van der Waals surface area contributed by atoms with Crippen LogP contribution in [0.15, 0.2) is 24.3 Å². The predicted molar refractivity (Wildman–Crippen MR) is 77.3 cm³/mol. The molecular weight excluding hydrogens is 252 g/mol. The summed E-state index contributed by atoms with van der Waals surface area (Å²) >= 11 is 0. The predicted octanol–water partition coefficient (Wildman–Crippen LogP) is 1.79. The van der Waals surface area contributed by atoms with Crippen molar-refractivity contribution in [1.82, 2.24) is 4.90 Å². The number of rotatable bonds is 6. The zero-order valence-electron chi connectivity index (χ0n) is 11.8. The van der Waals surface area contributed by atoms with Gasteiger partial charge in [0.1, 0.15) is 0 Å². The molecule has 108 valence electrons. The van der Waals surface area contributed by atoms with Crippen molar-refractivity contribution in [2.75, 3.05) is 19.8 Å². The van der Waals surface area contributed by atoms with Gasteiger partial charge in [-0.3, -0.25) is 9.69 Å². The largest absolute Gasteiger partial charge is 0.381 e. The SMILES string of the molecule is NC(=O)c1ccc(CN(C[C@@H]2CCOC2)C2CC2)cc1. The Balaban J connectivity index is 1.61. The monoisotopic (exact) mass is 274 g/mol. The van der Waals surface area contributed by atoms with Gasteiger partial charge < -0.3 is 10.5 Å². The quantitative estimate of drug-likeness (QED) is 0.860. The van der Waals surface area contributed by atoms with E-state index in [-0.39, 0.29) is 5.91 Å². The number of nitrogens with two attached hydrogens (primary N) is 1. The molecule has 2 fully saturated rings. The fourth-order valence-electron chi connectivity index (χ4n) is 2.85. The van der Waals surface area contributed by atoms with E-state index in [9.17, 15) is 4.79 Å². The van der Waals surface area contributed by atoms with Gasteiger partial charge in [-0.25, -0.2) is 0 Å². The second-order valence-corrected chi connectivity index (χ2v) is 5.95. The molecule has 1 aliphatic carbocycles. The van der Waals surface area contributed by atoms with Crippen molar-refractivity contribution >= 4 is 5.91 Å². The van der Waals surface area contributed by atoms with Gasteiger partial charge in [-0.1, -0.05) is 12.1 Å². The van der Waals surface area contributed by atoms with Gasteiger partial charge in [-0.15, -0.1) is 0 Å². The van der Waals surface area contributed by atoms with Crippen LogP contribution in [-0.4, -0.2) is 36.6 Å². The van der Waals surface area contributed by atoms with Gasteiger partial charge in [0.05, 0.1) is 6.61 Å². The van der Waals surface area contributed by atoms with Crippen LogP contribution in [0.3, 0.4) is 0 Å². The number of benzene rings is 1. The van der Waals surface area contributed by atoms with Crippen LogP contribution >= 0.6 is 0 Å². The van der Waals surface area contributed by atoms with E-state index < -0.39 is 0 Å². The fourth-order valence-corrected chi connectivity index (χ4v) is 2.85. The van der Waals surface area contributed by atoms with Crippen molar-refractivity contribution < 1.29 is 9.53 Å². The Kier molecular flexibility index (Phi) is 4.03. The lowest BCUT2D eigenvalue weighted by Crippen LogP contribution is -2.31. The molecule has 1 atom stereocenters. The topological polar surface area (TPSA) is 55.6 Å².